The maximum absolute atomic E-state index is 9.53. The average molecular weight is 194 g/mol. The number of hydrogen-bond acceptors (Lipinski definition) is 3. The average Bonchev–Trinajstić information content (AvgIpc) is 2.05. The minimum Gasteiger partial charge on any atom is -0.506 e. The number of aromatic hydroxyl groups is 1. The maximum Gasteiger partial charge on any atom is 0.138 e. The van der Waals surface area contributed by atoms with Crippen LogP contribution < -0.4 is 5.32 Å². The molecule has 1 heterocycles. The van der Waals surface area contributed by atoms with Crippen molar-refractivity contribution in [2.45, 2.75) is 39.8 Å². The van der Waals surface area contributed by atoms with Crippen molar-refractivity contribution < 1.29 is 5.11 Å². The Balaban J connectivity index is 2.72. The van der Waals surface area contributed by atoms with Crippen molar-refractivity contribution >= 4 is 0 Å². The second kappa shape index (κ2) is 3.96. The fraction of sp³-hybridized carbons (Fsp3) is 0.545. The highest BCUT2D eigenvalue weighted by Crippen LogP contribution is 2.15. The van der Waals surface area contributed by atoms with Gasteiger partial charge in [-0.15, -0.1) is 0 Å². The summed E-state index contributed by atoms with van der Waals surface area (Å²) < 4.78 is 0. The summed E-state index contributed by atoms with van der Waals surface area (Å²) in [4.78, 5) is 4.26. The molecule has 0 radical (unpaired) electrons. The van der Waals surface area contributed by atoms with Crippen LogP contribution in [0.5, 0.6) is 5.75 Å². The highest BCUT2D eigenvalue weighted by molar-refractivity contribution is 5.27. The largest absolute Gasteiger partial charge is 0.506 e. The molecule has 0 saturated heterocycles. The van der Waals surface area contributed by atoms with E-state index in [4.69, 9.17) is 0 Å². The van der Waals surface area contributed by atoms with Crippen molar-refractivity contribution in [2.75, 3.05) is 0 Å². The highest BCUT2D eigenvalue weighted by atomic mass is 16.3. The maximum atomic E-state index is 9.53. The molecular formula is C11H18N2O. The van der Waals surface area contributed by atoms with E-state index in [2.05, 4.69) is 31.1 Å². The molecular weight excluding hydrogens is 176 g/mol. The third-order valence-corrected chi connectivity index (χ3v) is 1.88. The number of rotatable bonds is 2. The van der Waals surface area contributed by atoms with Crippen molar-refractivity contribution in [3.8, 4) is 5.75 Å². The van der Waals surface area contributed by atoms with Crippen molar-refractivity contribution in [3.05, 3.63) is 23.5 Å². The Bertz CT molecular complexity index is 316. The Hall–Kier alpha value is -1.09. The van der Waals surface area contributed by atoms with Gasteiger partial charge >= 0.3 is 0 Å². The van der Waals surface area contributed by atoms with E-state index >= 15 is 0 Å². The van der Waals surface area contributed by atoms with E-state index in [9.17, 15) is 5.11 Å². The zero-order valence-corrected chi connectivity index (χ0v) is 9.26. The lowest BCUT2D eigenvalue weighted by Gasteiger charge is -2.20. The number of hydrogen-bond donors (Lipinski definition) is 2. The van der Waals surface area contributed by atoms with Crippen LogP contribution in [0.2, 0.25) is 0 Å². The summed E-state index contributed by atoms with van der Waals surface area (Å²) >= 11 is 0. The molecule has 0 spiro atoms. The predicted molar refractivity (Wildman–Crippen MR) is 57.2 cm³/mol. The van der Waals surface area contributed by atoms with Crippen LogP contribution in [0.4, 0.5) is 0 Å². The number of nitrogens with one attached hydrogen (secondary N) is 1. The van der Waals surface area contributed by atoms with Crippen LogP contribution in [0, 0.1) is 6.92 Å². The second-order valence-electron chi connectivity index (χ2n) is 4.52. The van der Waals surface area contributed by atoms with Crippen molar-refractivity contribution in [2.24, 2.45) is 0 Å². The summed E-state index contributed by atoms with van der Waals surface area (Å²) in [5.41, 5.74) is 1.67. The Morgan fingerprint density at radius 2 is 2.00 bits per heavy atom. The summed E-state index contributed by atoms with van der Waals surface area (Å²) in [6.07, 6.45) is 0. The number of nitrogens with zero attached hydrogens (tertiary/aromatic N) is 1. The predicted octanol–water partition coefficient (Wildman–Crippen LogP) is 1.98. The lowest BCUT2D eigenvalue weighted by Crippen LogP contribution is -2.35. The first-order valence-electron chi connectivity index (χ1n) is 4.79. The van der Waals surface area contributed by atoms with Gasteiger partial charge in [-0.3, -0.25) is 4.98 Å². The van der Waals surface area contributed by atoms with Gasteiger partial charge in [-0.1, -0.05) is 0 Å². The van der Waals surface area contributed by atoms with E-state index in [0.29, 0.717) is 12.2 Å². The molecule has 0 aliphatic rings. The van der Waals surface area contributed by atoms with E-state index in [0.717, 1.165) is 5.69 Å². The van der Waals surface area contributed by atoms with E-state index in [1.165, 1.54) is 0 Å². The van der Waals surface area contributed by atoms with E-state index < -0.39 is 0 Å². The smallest absolute Gasteiger partial charge is 0.138 e. The van der Waals surface area contributed by atoms with Gasteiger partial charge in [-0.2, -0.15) is 0 Å². The normalized spacial score (nSPS) is 11.7. The summed E-state index contributed by atoms with van der Waals surface area (Å²) in [6, 6.07) is 3.48. The van der Waals surface area contributed by atoms with Crippen LogP contribution in [-0.2, 0) is 6.54 Å². The quantitative estimate of drug-likeness (QED) is 0.756. The Labute approximate surface area is 85.2 Å². The standard InChI is InChI=1S/C11H18N2O/c1-8-5-6-10(14)9(13-8)7-12-11(2,3)4/h5-6,12,14H,7H2,1-4H3. The molecule has 2 N–H and O–H groups in total. The molecule has 14 heavy (non-hydrogen) atoms. The third-order valence-electron chi connectivity index (χ3n) is 1.88. The lowest BCUT2D eigenvalue weighted by molar-refractivity contribution is 0.406. The SMILES string of the molecule is Cc1ccc(O)c(CNC(C)(C)C)n1. The number of aromatic nitrogens is 1. The second-order valence-corrected chi connectivity index (χ2v) is 4.52. The van der Waals surface area contributed by atoms with Gasteiger partial charge in [0.1, 0.15) is 5.75 Å². The summed E-state index contributed by atoms with van der Waals surface area (Å²) in [5, 5.41) is 12.8. The van der Waals surface area contributed by atoms with Gasteiger partial charge in [0, 0.05) is 17.8 Å². The van der Waals surface area contributed by atoms with Crippen LogP contribution >= 0.6 is 0 Å². The van der Waals surface area contributed by atoms with Gasteiger partial charge in [-0.25, -0.2) is 0 Å². The molecule has 0 bridgehead atoms. The first-order valence-corrected chi connectivity index (χ1v) is 4.79. The molecule has 0 atom stereocenters. The first-order chi connectivity index (χ1) is 6.38. The molecule has 0 amide bonds. The van der Waals surface area contributed by atoms with Gasteiger partial charge in [0.05, 0.1) is 5.69 Å². The minimum absolute atomic E-state index is 0.0395. The topological polar surface area (TPSA) is 45.1 Å². The molecule has 0 aliphatic heterocycles. The fourth-order valence-corrected chi connectivity index (χ4v) is 1.08. The molecule has 0 aromatic carbocycles. The number of pyridine rings is 1. The van der Waals surface area contributed by atoms with Gasteiger partial charge in [-0.05, 0) is 39.8 Å². The van der Waals surface area contributed by atoms with Crippen molar-refractivity contribution in [3.63, 3.8) is 0 Å². The van der Waals surface area contributed by atoms with Gasteiger partial charge < -0.3 is 10.4 Å². The van der Waals surface area contributed by atoms with E-state index in [1.807, 2.05) is 6.92 Å². The Morgan fingerprint density at radius 3 is 2.57 bits per heavy atom. The molecule has 3 heteroatoms. The molecule has 0 fully saturated rings. The fourth-order valence-electron chi connectivity index (χ4n) is 1.08. The zero-order chi connectivity index (χ0) is 10.8. The summed E-state index contributed by atoms with van der Waals surface area (Å²) in [6.45, 7) is 8.76. The van der Waals surface area contributed by atoms with Gasteiger partial charge in [0.15, 0.2) is 0 Å². The summed E-state index contributed by atoms with van der Waals surface area (Å²) in [7, 11) is 0. The van der Waals surface area contributed by atoms with Crippen LogP contribution in [0.1, 0.15) is 32.2 Å². The van der Waals surface area contributed by atoms with E-state index in [1.54, 1.807) is 12.1 Å². The van der Waals surface area contributed by atoms with E-state index in [-0.39, 0.29) is 11.3 Å². The monoisotopic (exact) mass is 194 g/mol. The van der Waals surface area contributed by atoms with Crippen LogP contribution in [0.15, 0.2) is 12.1 Å². The molecule has 3 nitrogen and oxygen atoms in total. The molecule has 1 aromatic heterocycles. The van der Waals surface area contributed by atoms with Gasteiger partial charge in [0.2, 0.25) is 0 Å². The van der Waals surface area contributed by atoms with Crippen molar-refractivity contribution in [1.29, 1.82) is 0 Å². The van der Waals surface area contributed by atoms with Crippen LogP contribution in [-0.4, -0.2) is 15.6 Å². The van der Waals surface area contributed by atoms with Crippen LogP contribution in [0.3, 0.4) is 0 Å². The van der Waals surface area contributed by atoms with Gasteiger partial charge in [0.25, 0.3) is 0 Å². The minimum atomic E-state index is 0.0395. The summed E-state index contributed by atoms with van der Waals surface area (Å²) in [5.74, 6) is 0.257. The molecule has 78 valence electrons. The molecule has 0 saturated carbocycles. The molecule has 0 unspecified atom stereocenters. The zero-order valence-electron chi connectivity index (χ0n) is 9.26. The van der Waals surface area contributed by atoms with Crippen LogP contribution in [0.25, 0.3) is 0 Å². The Kier molecular flexibility index (Phi) is 3.11. The lowest BCUT2D eigenvalue weighted by atomic mass is 10.1. The highest BCUT2D eigenvalue weighted by Gasteiger charge is 2.10. The number of aryl methyl sites for hydroxylation is 1. The Morgan fingerprint density at radius 1 is 1.36 bits per heavy atom. The first kappa shape index (κ1) is 11.0. The van der Waals surface area contributed by atoms with Crippen molar-refractivity contribution in [1.82, 2.24) is 10.3 Å². The molecule has 1 rings (SSSR count). The molecule has 0 aliphatic carbocycles. The molecule has 1 aromatic rings. The third kappa shape index (κ3) is 3.34.